The molecule has 0 aromatic carbocycles. The predicted octanol–water partition coefficient (Wildman–Crippen LogP) is 4.39. The van der Waals surface area contributed by atoms with E-state index < -0.39 is 36.2 Å². The molecule has 0 aliphatic rings. The Labute approximate surface area is 175 Å². The first-order chi connectivity index (χ1) is 13.8. The Balaban J connectivity index is 4.59. The van der Waals surface area contributed by atoms with Gasteiger partial charge < -0.3 is 19.7 Å². The van der Waals surface area contributed by atoms with Crippen LogP contribution in [-0.2, 0) is 23.9 Å². The lowest BCUT2D eigenvalue weighted by Crippen LogP contribution is -2.37. The van der Waals surface area contributed by atoms with Crippen LogP contribution < -0.4 is 0 Å². The number of hydrogen-bond donors (Lipinski definition) is 2. The van der Waals surface area contributed by atoms with E-state index in [0.29, 0.717) is 19.3 Å². The molecular formula is C22H40O7. The number of unbranched alkanes of at least 4 members (excludes halogenated alkanes) is 7. The van der Waals surface area contributed by atoms with E-state index in [1.165, 1.54) is 13.8 Å². The molecule has 0 heterocycles. The van der Waals surface area contributed by atoms with Crippen molar-refractivity contribution < 1.29 is 34.1 Å². The van der Waals surface area contributed by atoms with Crippen molar-refractivity contribution in [3.8, 4) is 0 Å². The van der Waals surface area contributed by atoms with Gasteiger partial charge in [-0.1, -0.05) is 51.9 Å². The van der Waals surface area contributed by atoms with Crippen LogP contribution in [0.4, 0.5) is 0 Å². The van der Waals surface area contributed by atoms with E-state index in [4.69, 9.17) is 14.6 Å². The Kier molecular flexibility index (Phi) is 16.3. The third kappa shape index (κ3) is 17.0. The molecule has 0 bridgehead atoms. The average Bonchev–Trinajstić information content (AvgIpc) is 2.62. The normalized spacial score (nSPS) is 14.1. The van der Waals surface area contributed by atoms with E-state index in [1.54, 1.807) is 0 Å². The van der Waals surface area contributed by atoms with Crippen LogP contribution in [0.2, 0.25) is 0 Å². The number of esters is 2. The van der Waals surface area contributed by atoms with Crippen molar-refractivity contribution in [1.29, 1.82) is 0 Å². The van der Waals surface area contributed by atoms with Crippen LogP contribution in [0, 0.1) is 0 Å². The standard InChI is InChI=1S/C22H40O7/c1-4-5-6-10-13-19(25)16-21(29-18(3)24)20(28-17(2)23)14-11-8-7-9-12-15-22(26)27/h19-21,25H,4-16H2,1-3H3,(H,26,27). The van der Waals surface area contributed by atoms with Crippen molar-refractivity contribution in [2.45, 2.75) is 123 Å². The first-order valence-electron chi connectivity index (χ1n) is 11.0. The second-order valence-electron chi connectivity index (χ2n) is 7.73. The SMILES string of the molecule is CCCCCCC(O)CC(OC(C)=O)C(CCCCCCCC(=O)O)OC(C)=O. The number of rotatable bonds is 18. The highest BCUT2D eigenvalue weighted by molar-refractivity contribution is 5.67. The molecule has 0 amide bonds. The van der Waals surface area contributed by atoms with Gasteiger partial charge in [-0.3, -0.25) is 14.4 Å². The second kappa shape index (κ2) is 17.2. The summed E-state index contributed by atoms with van der Waals surface area (Å²) >= 11 is 0. The van der Waals surface area contributed by atoms with E-state index in [-0.39, 0.29) is 12.8 Å². The molecule has 0 rings (SSSR count). The van der Waals surface area contributed by atoms with Crippen molar-refractivity contribution in [3.05, 3.63) is 0 Å². The minimum absolute atomic E-state index is 0.181. The van der Waals surface area contributed by atoms with Crippen LogP contribution >= 0.6 is 0 Å². The first-order valence-corrected chi connectivity index (χ1v) is 11.0. The topological polar surface area (TPSA) is 110 Å². The molecule has 0 aliphatic carbocycles. The molecule has 0 aromatic rings. The number of aliphatic carboxylic acids is 1. The molecule has 7 heteroatoms. The zero-order chi connectivity index (χ0) is 22.1. The van der Waals surface area contributed by atoms with Gasteiger partial charge >= 0.3 is 17.9 Å². The first kappa shape index (κ1) is 27.4. The summed E-state index contributed by atoms with van der Waals surface area (Å²) in [6.45, 7) is 4.77. The van der Waals surface area contributed by atoms with Crippen LogP contribution in [-0.4, -0.2) is 46.4 Å². The summed E-state index contributed by atoms with van der Waals surface area (Å²) in [6.07, 6.45) is 8.03. The Morgan fingerprint density at radius 1 is 0.759 bits per heavy atom. The van der Waals surface area contributed by atoms with Crippen LogP contribution in [0.3, 0.4) is 0 Å². The molecule has 0 spiro atoms. The molecule has 0 radical (unpaired) electrons. The zero-order valence-corrected chi connectivity index (χ0v) is 18.4. The Morgan fingerprint density at radius 2 is 1.28 bits per heavy atom. The third-order valence-corrected chi connectivity index (χ3v) is 4.82. The van der Waals surface area contributed by atoms with Gasteiger partial charge in [0.15, 0.2) is 0 Å². The van der Waals surface area contributed by atoms with Crippen molar-refractivity contribution in [1.82, 2.24) is 0 Å². The summed E-state index contributed by atoms with van der Waals surface area (Å²) in [5, 5.41) is 19.0. The summed E-state index contributed by atoms with van der Waals surface area (Å²) in [4.78, 5) is 33.6. The van der Waals surface area contributed by atoms with Gasteiger partial charge in [0, 0.05) is 26.7 Å². The van der Waals surface area contributed by atoms with Crippen LogP contribution in [0.25, 0.3) is 0 Å². The number of ether oxygens (including phenoxy) is 2. The summed E-state index contributed by atoms with van der Waals surface area (Å²) in [5.74, 6) is -1.68. The average molecular weight is 417 g/mol. The quantitative estimate of drug-likeness (QED) is 0.252. The minimum Gasteiger partial charge on any atom is -0.481 e. The fourth-order valence-corrected chi connectivity index (χ4v) is 3.37. The molecule has 170 valence electrons. The van der Waals surface area contributed by atoms with E-state index in [9.17, 15) is 19.5 Å². The number of carbonyl (C=O) groups excluding carboxylic acids is 2. The highest BCUT2D eigenvalue weighted by atomic mass is 16.6. The molecule has 2 N–H and O–H groups in total. The lowest BCUT2D eigenvalue weighted by atomic mass is 9.97. The molecule has 0 saturated carbocycles. The zero-order valence-electron chi connectivity index (χ0n) is 18.4. The van der Waals surface area contributed by atoms with Crippen LogP contribution in [0.15, 0.2) is 0 Å². The van der Waals surface area contributed by atoms with Crippen molar-refractivity contribution in [3.63, 3.8) is 0 Å². The van der Waals surface area contributed by atoms with Gasteiger partial charge in [-0.2, -0.15) is 0 Å². The molecule has 7 nitrogen and oxygen atoms in total. The lowest BCUT2D eigenvalue weighted by molar-refractivity contribution is -0.168. The number of carboxylic acids is 1. The Bertz CT molecular complexity index is 464. The predicted molar refractivity (Wildman–Crippen MR) is 110 cm³/mol. The number of carboxylic acid groups (broad SMARTS) is 1. The summed E-state index contributed by atoms with van der Waals surface area (Å²) < 4.78 is 10.8. The molecule has 0 fully saturated rings. The van der Waals surface area contributed by atoms with Gasteiger partial charge in [0.2, 0.25) is 0 Å². The van der Waals surface area contributed by atoms with Crippen molar-refractivity contribution in [2.75, 3.05) is 0 Å². The fourth-order valence-electron chi connectivity index (χ4n) is 3.37. The van der Waals surface area contributed by atoms with Gasteiger partial charge in [-0.15, -0.1) is 0 Å². The molecule has 0 saturated heterocycles. The number of carbonyl (C=O) groups is 3. The van der Waals surface area contributed by atoms with Crippen LogP contribution in [0.1, 0.15) is 104 Å². The van der Waals surface area contributed by atoms with Gasteiger partial charge in [0.1, 0.15) is 12.2 Å². The Morgan fingerprint density at radius 3 is 1.86 bits per heavy atom. The van der Waals surface area contributed by atoms with Crippen molar-refractivity contribution in [2.24, 2.45) is 0 Å². The molecule has 0 aliphatic heterocycles. The molecule has 29 heavy (non-hydrogen) atoms. The van der Waals surface area contributed by atoms with Gasteiger partial charge in [-0.05, 0) is 25.7 Å². The third-order valence-electron chi connectivity index (χ3n) is 4.82. The minimum atomic E-state index is -0.780. The smallest absolute Gasteiger partial charge is 0.303 e. The molecule has 3 atom stereocenters. The maximum atomic E-state index is 11.5. The number of hydrogen-bond acceptors (Lipinski definition) is 6. The van der Waals surface area contributed by atoms with Crippen LogP contribution in [0.5, 0.6) is 0 Å². The van der Waals surface area contributed by atoms with Gasteiger partial charge in [0.25, 0.3) is 0 Å². The van der Waals surface area contributed by atoms with E-state index in [2.05, 4.69) is 6.92 Å². The largest absolute Gasteiger partial charge is 0.481 e. The van der Waals surface area contributed by atoms with Gasteiger partial charge in [-0.25, -0.2) is 0 Å². The maximum Gasteiger partial charge on any atom is 0.303 e. The monoisotopic (exact) mass is 416 g/mol. The van der Waals surface area contributed by atoms with E-state index >= 15 is 0 Å². The van der Waals surface area contributed by atoms with E-state index in [0.717, 1.165) is 51.4 Å². The van der Waals surface area contributed by atoms with E-state index in [1.807, 2.05) is 0 Å². The number of aliphatic hydroxyl groups excluding tert-OH is 1. The van der Waals surface area contributed by atoms with Gasteiger partial charge in [0.05, 0.1) is 6.10 Å². The Hall–Kier alpha value is -1.63. The molecule has 3 unspecified atom stereocenters. The molecule has 0 aromatic heterocycles. The highest BCUT2D eigenvalue weighted by Crippen LogP contribution is 2.21. The maximum absolute atomic E-state index is 11.5. The fraction of sp³-hybridized carbons (Fsp3) is 0.864. The number of aliphatic hydroxyl groups is 1. The second-order valence-corrected chi connectivity index (χ2v) is 7.73. The summed E-state index contributed by atoms with van der Waals surface area (Å²) in [7, 11) is 0. The lowest BCUT2D eigenvalue weighted by Gasteiger charge is -2.28. The summed E-state index contributed by atoms with van der Waals surface area (Å²) in [5.41, 5.74) is 0. The highest BCUT2D eigenvalue weighted by Gasteiger charge is 2.29. The molecular weight excluding hydrogens is 376 g/mol. The van der Waals surface area contributed by atoms with Crippen molar-refractivity contribution >= 4 is 17.9 Å². The summed E-state index contributed by atoms with van der Waals surface area (Å²) in [6, 6.07) is 0.